The fourth-order valence-corrected chi connectivity index (χ4v) is 3.11. The second-order valence-electron chi connectivity index (χ2n) is 6.13. The number of nitrogens with zero attached hydrogens (tertiary/aromatic N) is 3. The van der Waals surface area contributed by atoms with E-state index in [0.29, 0.717) is 0 Å². The van der Waals surface area contributed by atoms with Gasteiger partial charge in [0.25, 0.3) is 0 Å². The topological polar surface area (TPSA) is 39.9 Å². The van der Waals surface area contributed by atoms with Gasteiger partial charge in [-0.15, -0.1) is 0 Å². The van der Waals surface area contributed by atoms with Gasteiger partial charge in [-0.1, -0.05) is 24.3 Å². The van der Waals surface area contributed by atoms with Crippen molar-refractivity contribution in [1.82, 2.24) is 14.8 Å². The summed E-state index contributed by atoms with van der Waals surface area (Å²) in [5.74, 6) is 0.853. The summed E-state index contributed by atoms with van der Waals surface area (Å²) in [6, 6.07) is 16.7. The fourth-order valence-electron chi connectivity index (χ4n) is 3.11. The van der Waals surface area contributed by atoms with E-state index in [1.165, 1.54) is 16.7 Å². The Hall–Kier alpha value is -3.14. The zero-order valence-corrected chi connectivity index (χ0v) is 14.3. The number of benzene rings is 2. The van der Waals surface area contributed by atoms with Crippen molar-refractivity contribution in [3.05, 3.63) is 78.2 Å². The standard InChI is InChI=1S/C21H19N3O/c1-24-14-18(13-23-24)16-5-3-4-15(10-16)11-17-8-9-22-21-7-6-19(25-2)12-20(17)21/h3-10,12-14H,11H2,1-2H3. The molecule has 2 heterocycles. The third kappa shape index (κ3) is 3.11. The van der Waals surface area contributed by atoms with Crippen LogP contribution in [-0.4, -0.2) is 21.9 Å². The van der Waals surface area contributed by atoms with E-state index in [1.54, 1.807) is 7.11 Å². The molecule has 4 heteroatoms. The van der Waals surface area contributed by atoms with E-state index >= 15 is 0 Å². The minimum Gasteiger partial charge on any atom is -0.497 e. The summed E-state index contributed by atoms with van der Waals surface area (Å²) < 4.78 is 7.19. The van der Waals surface area contributed by atoms with Crippen LogP contribution in [0.4, 0.5) is 0 Å². The van der Waals surface area contributed by atoms with Gasteiger partial charge < -0.3 is 4.74 Å². The number of aromatic nitrogens is 3. The molecule has 0 aliphatic rings. The average Bonchev–Trinajstić information content (AvgIpc) is 3.08. The maximum absolute atomic E-state index is 5.37. The smallest absolute Gasteiger partial charge is 0.119 e. The summed E-state index contributed by atoms with van der Waals surface area (Å²) >= 11 is 0. The Balaban J connectivity index is 1.72. The van der Waals surface area contributed by atoms with Gasteiger partial charge in [0.15, 0.2) is 0 Å². The lowest BCUT2D eigenvalue weighted by atomic mass is 9.98. The van der Waals surface area contributed by atoms with E-state index in [9.17, 15) is 0 Å². The first-order chi connectivity index (χ1) is 12.2. The minimum absolute atomic E-state index is 0.848. The van der Waals surface area contributed by atoms with Crippen molar-refractivity contribution in [2.75, 3.05) is 7.11 Å². The molecular formula is C21H19N3O. The molecule has 0 saturated heterocycles. The third-order valence-electron chi connectivity index (χ3n) is 4.40. The Kier molecular flexibility index (Phi) is 3.94. The Morgan fingerprint density at radius 1 is 1.04 bits per heavy atom. The molecule has 25 heavy (non-hydrogen) atoms. The number of ether oxygens (including phenoxy) is 1. The first-order valence-corrected chi connectivity index (χ1v) is 8.22. The Morgan fingerprint density at radius 2 is 1.96 bits per heavy atom. The molecule has 4 rings (SSSR count). The molecular weight excluding hydrogens is 310 g/mol. The van der Waals surface area contributed by atoms with Gasteiger partial charge in [-0.05, 0) is 47.4 Å². The molecule has 0 radical (unpaired) electrons. The predicted molar refractivity (Wildman–Crippen MR) is 99.7 cm³/mol. The lowest BCUT2D eigenvalue weighted by Gasteiger charge is -2.09. The number of hydrogen-bond donors (Lipinski definition) is 0. The Morgan fingerprint density at radius 3 is 2.76 bits per heavy atom. The van der Waals surface area contributed by atoms with Crippen LogP contribution in [0.1, 0.15) is 11.1 Å². The molecule has 124 valence electrons. The van der Waals surface area contributed by atoms with Gasteiger partial charge in [0.05, 0.1) is 18.8 Å². The van der Waals surface area contributed by atoms with Gasteiger partial charge in [0.2, 0.25) is 0 Å². The van der Waals surface area contributed by atoms with Crippen molar-refractivity contribution in [2.45, 2.75) is 6.42 Å². The molecule has 2 aromatic heterocycles. The molecule has 0 fully saturated rings. The summed E-state index contributed by atoms with van der Waals surface area (Å²) in [5, 5.41) is 5.39. The highest BCUT2D eigenvalue weighted by Gasteiger charge is 2.07. The van der Waals surface area contributed by atoms with Gasteiger partial charge in [0, 0.05) is 30.4 Å². The summed E-state index contributed by atoms with van der Waals surface area (Å²) in [5.41, 5.74) is 5.80. The molecule has 0 aliphatic carbocycles. The maximum atomic E-state index is 5.37. The molecule has 0 unspecified atom stereocenters. The highest BCUT2D eigenvalue weighted by Crippen LogP contribution is 2.26. The molecule has 0 spiro atoms. The molecule has 4 nitrogen and oxygen atoms in total. The van der Waals surface area contributed by atoms with Gasteiger partial charge >= 0.3 is 0 Å². The quantitative estimate of drug-likeness (QED) is 0.562. The maximum Gasteiger partial charge on any atom is 0.119 e. The van der Waals surface area contributed by atoms with Crippen LogP contribution in [0, 0.1) is 0 Å². The van der Waals surface area contributed by atoms with Crippen LogP contribution in [-0.2, 0) is 13.5 Å². The molecule has 0 N–H and O–H groups in total. The van der Waals surface area contributed by atoms with E-state index in [-0.39, 0.29) is 0 Å². The van der Waals surface area contributed by atoms with Crippen LogP contribution >= 0.6 is 0 Å². The summed E-state index contributed by atoms with van der Waals surface area (Å²) in [4.78, 5) is 4.46. The number of rotatable bonds is 4. The van der Waals surface area contributed by atoms with Crippen molar-refractivity contribution < 1.29 is 4.74 Å². The monoisotopic (exact) mass is 329 g/mol. The number of hydrogen-bond acceptors (Lipinski definition) is 3. The summed E-state index contributed by atoms with van der Waals surface area (Å²) in [7, 11) is 3.62. The largest absolute Gasteiger partial charge is 0.497 e. The molecule has 0 amide bonds. The number of methoxy groups -OCH3 is 1. The van der Waals surface area contributed by atoms with Gasteiger partial charge in [0.1, 0.15) is 5.75 Å². The van der Waals surface area contributed by atoms with Gasteiger partial charge in [-0.3, -0.25) is 9.67 Å². The zero-order valence-electron chi connectivity index (χ0n) is 14.3. The number of aryl methyl sites for hydroxylation is 1. The third-order valence-corrected chi connectivity index (χ3v) is 4.40. The number of pyridine rings is 1. The second kappa shape index (κ2) is 6.40. The SMILES string of the molecule is COc1ccc2nccc(Cc3cccc(-c4cnn(C)c4)c3)c2c1. The van der Waals surface area contributed by atoms with Crippen LogP contribution in [0.2, 0.25) is 0 Å². The molecule has 2 aromatic carbocycles. The Bertz CT molecular complexity index is 1040. The average molecular weight is 329 g/mol. The Labute approximate surface area is 146 Å². The highest BCUT2D eigenvalue weighted by atomic mass is 16.5. The normalized spacial score (nSPS) is 11.0. The van der Waals surface area contributed by atoms with Crippen molar-refractivity contribution >= 4 is 10.9 Å². The van der Waals surface area contributed by atoms with Gasteiger partial charge in [-0.2, -0.15) is 5.10 Å². The van der Waals surface area contributed by atoms with Crippen LogP contribution in [0.15, 0.2) is 67.1 Å². The minimum atomic E-state index is 0.848. The molecule has 4 aromatic rings. The first-order valence-electron chi connectivity index (χ1n) is 8.22. The van der Waals surface area contributed by atoms with E-state index in [1.807, 2.05) is 42.5 Å². The lowest BCUT2D eigenvalue weighted by Crippen LogP contribution is -1.93. The van der Waals surface area contributed by atoms with Crippen LogP contribution in [0.25, 0.3) is 22.0 Å². The fraction of sp³-hybridized carbons (Fsp3) is 0.143. The van der Waals surface area contributed by atoms with Crippen molar-refractivity contribution in [3.8, 4) is 16.9 Å². The van der Waals surface area contributed by atoms with E-state index in [0.717, 1.165) is 28.6 Å². The van der Waals surface area contributed by atoms with Crippen LogP contribution in [0.3, 0.4) is 0 Å². The van der Waals surface area contributed by atoms with Crippen molar-refractivity contribution in [1.29, 1.82) is 0 Å². The molecule has 0 bridgehead atoms. The second-order valence-corrected chi connectivity index (χ2v) is 6.13. The van der Waals surface area contributed by atoms with E-state index < -0.39 is 0 Å². The molecule has 0 atom stereocenters. The van der Waals surface area contributed by atoms with Crippen LogP contribution < -0.4 is 4.74 Å². The van der Waals surface area contributed by atoms with Crippen LogP contribution in [0.5, 0.6) is 5.75 Å². The number of fused-ring (bicyclic) bond motifs is 1. The van der Waals surface area contributed by atoms with Gasteiger partial charge in [-0.25, -0.2) is 0 Å². The molecule has 0 saturated carbocycles. The summed E-state index contributed by atoms with van der Waals surface area (Å²) in [6.07, 6.45) is 6.65. The first kappa shape index (κ1) is 15.4. The zero-order chi connectivity index (χ0) is 17.2. The lowest BCUT2D eigenvalue weighted by molar-refractivity contribution is 0.415. The van der Waals surface area contributed by atoms with E-state index in [4.69, 9.17) is 4.74 Å². The van der Waals surface area contributed by atoms with Crippen molar-refractivity contribution in [2.24, 2.45) is 7.05 Å². The van der Waals surface area contributed by atoms with E-state index in [2.05, 4.69) is 46.5 Å². The van der Waals surface area contributed by atoms with Crippen molar-refractivity contribution in [3.63, 3.8) is 0 Å². The summed E-state index contributed by atoms with van der Waals surface area (Å²) in [6.45, 7) is 0. The molecule has 0 aliphatic heterocycles. The predicted octanol–water partition coefficient (Wildman–Crippen LogP) is 4.23. The highest BCUT2D eigenvalue weighted by molar-refractivity contribution is 5.83.